The summed E-state index contributed by atoms with van der Waals surface area (Å²) >= 11 is 0. The maximum absolute atomic E-state index is 11.2. The fraction of sp³-hybridized carbons (Fsp3) is 0.333. The van der Waals surface area contributed by atoms with Gasteiger partial charge in [0, 0.05) is 6.07 Å². The smallest absolute Gasteiger partial charge is 0.262 e. The number of carbonyl (C=O) groups is 2. The average molecular weight is 250 g/mol. The number of hydrogen-bond acceptors (Lipinski definition) is 4. The third kappa shape index (κ3) is 2.53. The zero-order chi connectivity index (χ0) is 13.1. The van der Waals surface area contributed by atoms with E-state index in [1.54, 1.807) is 25.1 Å². The quantitative estimate of drug-likeness (QED) is 0.821. The molecule has 0 fully saturated rings. The zero-order valence-corrected chi connectivity index (χ0v) is 9.93. The van der Waals surface area contributed by atoms with Crippen molar-refractivity contribution in [1.29, 1.82) is 0 Å². The van der Waals surface area contributed by atoms with E-state index in [0.29, 0.717) is 23.6 Å². The molecule has 0 aliphatic carbocycles. The van der Waals surface area contributed by atoms with Gasteiger partial charge in [-0.1, -0.05) is 6.92 Å². The van der Waals surface area contributed by atoms with Crippen LogP contribution in [0.25, 0.3) is 0 Å². The predicted octanol–water partition coefficient (Wildman–Crippen LogP) is 0.660. The third-order valence-corrected chi connectivity index (χ3v) is 2.55. The first-order chi connectivity index (χ1) is 8.60. The number of anilines is 1. The van der Waals surface area contributed by atoms with Gasteiger partial charge in [0.1, 0.15) is 11.5 Å². The molecule has 0 radical (unpaired) electrons. The first kappa shape index (κ1) is 12.2. The van der Waals surface area contributed by atoms with Gasteiger partial charge in [-0.15, -0.1) is 0 Å². The highest BCUT2D eigenvalue weighted by atomic mass is 16.5. The maximum Gasteiger partial charge on any atom is 0.262 e. The van der Waals surface area contributed by atoms with Crippen molar-refractivity contribution in [2.45, 2.75) is 19.4 Å². The second kappa shape index (κ2) is 4.95. The minimum absolute atomic E-state index is 0.00603. The van der Waals surface area contributed by atoms with Gasteiger partial charge in [0.25, 0.3) is 11.8 Å². The van der Waals surface area contributed by atoms with Gasteiger partial charge in [0.05, 0.1) is 5.69 Å². The van der Waals surface area contributed by atoms with Gasteiger partial charge in [-0.2, -0.15) is 0 Å². The summed E-state index contributed by atoms with van der Waals surface area (Å²) in [6, 6.07) is 4.96. The molecule has 2 rings (SSSR count). The minimum Gasteiger partial charge on any atom is -0.482 e. The average Bonchev–Trinajstić information content (AvgIpc) is 2.35. The molecule has 18 heavy (non-hydrogen) atoms. The van der Waals surface area contributed by atoms with Crippen LogP contribution in [0.15, 0.2) is 18.2 Å². The number of benzene rings is 1. The summed E-state index contributed by atoms with van der Waals surface area (Å²) in [6.07, 6.45) is -0.196. The standard InChI is InChI=1S/C12H14N2O4/c1-2-9(12(13)16)18-7-3-4-10-8(5-7)14-11(15)6-17-10/h3-5,9H,2,6H2,1H3,(H2,13,16)(H,14,15). The molecule has 1 unspecified atom stereocenters. The van der Waals surface area contributed by atoms with E-state index in [2.05, 4.69) is 5.32 Å². The number of amides is 2. The highest BCUT2D eigenvalue weighted by molar-refractivity contribution is 5.95. The summed E-state index contributed by atoms with van der Waals surface area (Å²) in [5, 5.41) is 2.66. The fourth-order valence-corrected chi connectivity index (χ4v) is 1.64. The lowest BCUT2D eigenvalue weighted by Crippen LogP contribution is -2.33. The Labute approximate surface area is 104 Å². The highest BCUT2D eigenvalue weighted by Gasteiger charge is 2.19. The number of hydrogen-bond donors (Lipinski definition) is 2. The molecule has 0 aromatic heterocycles. The predicted molar refractivity (Wildman–Crippen MR) is 64.5 cm³/mol. The van der Waals surface area contributed by atoms with Gasteiger partial charge in [0.15, 0.2) is 12.7 Å². The van der Waals surface area contributed by atoms with Crippen molar-refractivity contribution in [2.75, 3.05) is 11.9 Å². The van der Waals surface area contributed by atoms with E-state index in [1.807, 2.05) is 0 Å². The molecule has 1 aromatic rings. The van der Waals surface area contributed by atoms with Crippen LogP contribution in [-0.2, 0) is 9.59 Å². The van der Waals surface area contributed by atoms with Crippen LogP contribution >= 0.6 is 0 Å². The molecule has 0 bridgehead atoms. The molecular formula is C12H14N2O4. The van der Waals surface area contributed by atoms with E-state index in [4.69, 9.17) is 15.2 Å². The molecule has 1 aromatic carbocycles. The Balaban J connectivity index is 2.18. The summed E-state index contributed by atoms with van der Waals surface area (Å²) in [6.45, 7) is 1.81. The minimum atomic E-state index is -0.678. The second-order valence-electron chi connectivity index (χ2n) is 3.91. The van der Waals surface area contributed by atoms with Crippen LogP contribution in [0.5, 0.6) is 11.5 Å². The molecule has 3 N–H and O–H groups in total. The van der Waals surface area contributed by atoms with Gasteiger partial charge in [-0.05, 0) is 18.6 Å². The molecule has 1 aliphatic rings. The van der Waals surface area contributed by atoms with Gasteiger partial charge in [-0.25, -0.2) is 0 Å². The van der Waals surface area contributed by atoms with Crippen LogP contribution in [0.3, 0.4) is 0 Å². The molecule has 1 heterocycles. The van der Waals surface area contributed by atoms with E-state index in [0.717, 1.165) is 0 Å². The Hall–Kier alpha value is -2.24. The van der Waals surface area contributed by atoms with Crippen molar-refractivity contribution in [2.24, 2.45) is 5.73 Å². The molecule has 0 spiro atoms. The molecule has 1 aliphatic heterocycles. The number of fused-ring (bicyclic) bond motifs is 1. The van der Waals surface area contributed by atoms with E-state index < -0.39 is 12.0 Å². The van der Waals surface area contributed by atoms with Crippen molar-refractivity contribution in [3.63, 3.8) is 0 Å². The SMILES string of the molecule is CCC(Oc1ccc2c(c1)NC(=O)CO2)C(N)=O. The van der Waals surface area contributed by atoms with Gasteiger partial charge in [0.2, 0.25) is 0 Å². The number of carbonyl (C=O) groups excluding carboxylic acids is 2. The number of rotatable bonds is 4. The van der Waals surface area contributed by atoms with Gasteiger partial charge in [-0.3, -0.25) is 9.59 Å². The van der Waals surface area contributed by atoms with Crippen LogP contribution in [0.4, 0.5) is 5.69 Å². The molecule has 2 amide bonds. The molecular weight excluding hydrogens is 236 g/mol. The normalized spacial score (nSPS) is 15.1. The number of primary amides is 1. The molecule has 0 saturated heterocycles. The Morgan fingerprint density at radius 2 is 2.39 bits per heavy atom. The number of nitrogens with two attached hydrogens (primary N) is 1. The first-order valence-electron chi connectivity index (χ1n) is 5.63. The van der Waals surface area contributed by atoms with Crippen molar-refractivity contribution >= 4 is 17.5 Å². The van der Waals surface area contributed by atoms with Crippen LogP contribution in [-0.4, -0.2) is 24.5 Å². The van der Waals surface area contributed by atoms with Crippen molar-refractivity contribution in [3.05, 3.63) is 18.2 Å². The fourth-order valence-electron chi connectivity index (χ4n) is 1.64. The van der Waals surface area contributed by atoms with Crippen LogP contribution in [0, 0.1) is 0 Å². The molecule has 6 heteroatoms. The van der Waals surface area contributed by atoms with Gasteiger partial charge < -0.3 is 20.5 Å². The van der Waals surface area contributed by atoms with Crippen molar-refractivity contribution < 1.29 is 19.1 Å². The Kier molecular flexibility index (Phi) is 3.36. The summed E-state index contributed by atoms with van der Waals surface area (Å²) in [7, 11) is 0. The second-order valence-corrected chi connectivity index (χ2v) is 3.91. The highest BCUT2D eigenvalue weighted by Crippen LogP contribution is 2.31. The molecule has 1 atom stereocenters. The summed E-state index contributed by atoms with van der Waals surface area (Å²) in [5.74, 6) is 0.302. The third-order valence-electron chi connectivity index (χ3n) is 2.55. The van der Waals surface area contributed by atoms with E-state index in [1.165, 1.54) is 0 Å². The Morgan fingerprint density at radius 1 is 1.61 bits per heavy atom. The molecule has 6 nitrogen and oxygen atoms in total. The van der Waals surface area contributed by atoms with Crippen LogP contribution < -0.4 is 20.5 Å². The summed E-state index contributed by atoms with van der Waals surface area (Å²) in [5.41, 5.74) is 5.73. The monoisotopic (exact) mass is 250 g/mol. The largest absolute Gasteiger partial charge is 0.482 e. The van der Waals surface area contributed by atoms with Crippen LogP contribution in [0.1, 0.15) is 13.3 Å². The number of nitrogens with one attached hydrogen (secondary N) is 1. The summed E-state index contributed by atoms with van der Waals surface area (Å²) < 4.78 is 10.7. The molecule has 0 saturated carbocycles. The van der Waals surface area contributed by atoms with E-state index >= 15 is 0 Å². The van der Waals surface area contributed by atoms with E-state index in [9.17, 15) is 9.59 Å². The lowest BCUT2D eigenvalue weighted by Gasteiger charge is -2.20. The maximum atomic E-state index is 11.2. The van der Waals surface area contributed by atoms with E-state index in [-0.39, 0.29) is 12.5 Å². The summed E-state index contributed by atoms with van der Waals surface area (Å²) in [4.78, 5) is 22.3. The number of ether oxygens (including phenoxy) is 2. The Morgan fingerprint density at radius 3 is 3.06 bits per heavy atom. The topological polar surface area (TPSA) is 90.7 Å². The Bertz CT molecular complexity index is 487. The lowest BCUT2D eigenvalue weighted by atomic mass is 10.2. The molecule has 96 valence electrons. The van der Waals surface area contributed by atoms with Crippen molar-refractivity contribution in [3.8, 4) is 11.5 Å². The zero-order valence-electron chi connectivity index (χ0n) is 9.93. The van der Waals surface area contributed by atoms with Crippen molar-refractivity contribution in [1.82, 2.24) is 0 Å². The lowest BCUT2D eigenvalue weighted by molar-refractivity contribution is -0.124. The first-order valence-corrected chi connectivity index (χ1v) is 5.63. The van der Waals surface area contributed by atoms with Gasteiger partial charge >= 0.3 is 0 Å². The van der Waals surface area contributed by atoms with Crippen LogP contribution in [0.2, 0.25) is 0 Å².